The van der Waals surface area contributed by atoms with Gasteiger partial charge in [-0.25, -0.2) is 0 Å². The summed E-state index contributed by atoms with van der Waals surface area (Å²) in [5, 5.41) is 8.62. The number of nitrogens with zero attached hydrogens (tertiary/aromatic N) is 2. The van der Waals surface area contributed by atoms with E-state index in [1.807, 2.05) is 11.8 Å². The van der Waals surface area contributed by atoms with Gasteiger partial charge < -0.3 is 5.32 Å². The van der Waals surface area contributed by atoms with Crippen LogP contribution in [-0.2, 0) is 19.4 Å². The van der Waals surface area contributed by atoms with Gasteiger partial charge in [0.1, 0.15) is 0 Å². The van der Waals surface area contributed by atoms with Gasteiger partial charge in [0.25, 0.3) is 0 Å². The number of aryl methyl sites for hydroxylation is 2. The number of aromatic nitrogens is 2. The predicted octanol–water partition coefficient (Wildman–Crippen LogP) is 4.21. The van der Waals surface area contributed by atoms with Gasteiger partial charge in [-0.05, 0) is 50.7 Å². The second kappa shape index (κ2) is 10.3. The Morgan fingerprint density at radius 3 is 2.48 bits per heavy atom. The fourth-order valence-corrected chi connectivity index (χ4v) is 3.33. The Morgan fingerprint density at radius 2 is 1.95 bits per heavy atom. The largest absolute Gasteiger partial charge is 0.310 e. The zero-order valence-corrected chi connectivity index (χ0v) is 15.4. The molecule has 0 spiro atoms. The Hall–Kier alpha value is -0.480. The van der Waals surface area contributed by atoms with Gasteiger partial charge in [0, 0.05) is 23.8 Å². The van der Waals surface area contributed by atoms with Gasteiger partial charge in [-0.15, -0.1) is 0 Å². The molecule has 0 saturated heterocycles. The van der Waals surface area contributed by atoms with Crippen LogP contribution in [0, 0.1) is 0 Å². The highest BCUT2D eigenvalue weighted by Crippen LogP contribution is 2.26. The van der Waals surface area contributed by atoms with Crippen molar-refractivity contribution in [3.63, 3.8) is 0 Å². The van der Waals surface area contributed by atoms with Gasteiger partial charge in [-0.2, -0.15) is 16.9 Å². The SMILES string of the molecule is CCCNC(CC)c1c(CC)nn(CCCSC)c1CC. The third-order valence-corrected chi connectivity index (χ3v) is 4.66. The van der Waals surface area contributed by atoms with Crippen molar-refractivity contribution in [1.82, 2.24) is 15.1 Å². The summed E-state index contributed by atoms with van der Waals surface area (Å²) in [6.07, 6.45) is 7.80. The van der Waals surface area contributed by atoms with Gasteiger partial charge in [0.05, 0.1) is 5.69 Å². The van der Waals surface area contributed by atoms with Gasteiger partial charge >= 0.3 is 0 Å². The minimum atomic E-state index is 0.462. The van der Waals surface area contributed by atoms with Crippen LogP contribution in [0.3, 0.4) is 0 Å². The Bertz CT molecular complexity index is 401. The molecule has 4 heteroatoms. The Morgan fingerprint density at radius 1 is 1.19 bits per heavy atom. The minimum Gasteiger partial charge on any atom is -0.310 e. The maximum absolute atomic E-state index is 4.92. The van der Waals surface area contributed by atoms with Crippen LogP contribution in [0.15, 0.2) is 0 Å². The van der Waals surface area contributed by atoms with Crippen LogP contribution in [0.25, 0.3) is 0 Å². The van der Waals surface area contributed by atoms with Crippen molar-refractivity contribution in [3.8, 4) is 0 Å². The van der Waals surface area contributed by atoms with Crippen molar-refractivity contribution in [3.05, 3.63) is 17.0 Å². The topological polar surface area (TPSA) is 29.9 Å². The second-order valence-corrected chi connectivity index (χ2v) is 6.48. The van der Waals surface area contributed by atoms with Crippen LogP contribution >= 0.6 is 11.8 Å². The monoisotopic (exact) mass is 311 g/mol. The fourth-order valence-electron chi connectivity index (χ4n) is 2.91. The number of hydrogen-bond donors (Lipinski definition) is 1. The zero-order valence-electron chi connectivity index (χ0n) is 14.5. The quantitative estimate of drug-likeness (QED) is 0.621. The van der Waals surface area contributed by atoms with Crippen molar-refractivity contribution in [2.45, 2.75) is 72.4 Å². The van der Waals surface area contributed by atoms with Crippen LogP contribution in [0.1, 0.15) is 70.0 Å². The molecule has 0 aliphatic rings. The molecule has 0 saturated carbocycles. The van der Waals surface area contributed by atoms with E-state index < -0.39 is 0 Å². The molecule has 1 rings (SSSR count). The second-order valence-electron chi connectivity index (χ2n) is 5.50. The molecule has 0 aliphatic heterocycles. The molecule has 1 N–H and O–H groups in total. The van der Waals surface area contributed by atoms with Crippen molar-refractivity contribution >= 4 is 11.8 Å². The zero-order chi connectivity index (χ0) is 15.7. The molecular formula is C17H33N3S. The number of nitrogens with one attached hydrogen (secondary N) is 1. The van der Waals surface area contributed by atoms with Crippen molar-refractivity contribution < 1.29 is 0 Å². The molecule has 0 bridgehead atoms. The molecular weight excluding hydrogens is 278 g/mol. The molecule has 0 amide bonds. The molecule has 1 heterocycles. The molecule has 122 valence electrons. The third kappa shape index (κ3) is 5.03. The van der Waals surface area contributed by atoms with Gasteiger partial charge in [0.2, 0.25) is 0 Å². The molecule has 0 aromatic carbocycles. The first-order chi connectivity index (χ1) is 10.2. The van der Waals surface area contributed by atoms with Crippen molar-refractivity contribution in [2.75, 3.05) is 18.6 Å². The maximum atomic E-state index is 4.92. The molecule has 0 aliphatic carbocycles. The van der Waals surface area contributed by atoms with Gasteiger partial charge in [-0.3, -0.25) is 4.68 Å². The van der Waals surface area contributed by atoms with E-state index in [4.69, 9.17) is 5.10 Å². The average Bonchev–Trinajstić information content (AvgIpc) is 2.86. The summed E-state index contributed by atoms with van der Waals surface area (Å²) in [7, 11) is 0. The van der Waals surface area contributed by atoms with Crippen molar-refractivity contribution in [2.24, 2.45) is 0 Å². The predicted molar refractivity (Wildman–Crippen MR) is 95.3 cm³/mol. The summed E-state index contributed by atoms with van der Waals surface area (Å²) in [4.78, 5) is 0. The highest BCUT2D eigenvalue weighted by Gasteiger charge is 2.21. The summed E-state index contributed by atoms with van der Waals surface area (Å²) in [6, 6.07) is 0.462. The van der Waals surface area contributed by atoms with Crippen LogP contribution in [-0.4, -0.2) is 28.3 Å². The third-order valence-electron chi connectivity index (χ3n) is 3.96. The van der Waals surface area contributed by atoms with Crippen LogP contribution < -0.4 is 5.32 Å². The average molecular weight is 312 g/mol. The normalized spacial score (nSPS) is 12.8. The Balaban J connectivity index is 3.03. The van der Waals surface area contributed by atoms with E-state index in [-0.39, 0.29) is 0 Å². The van der Waals surface area contributed by atoms with E-state index >= 15 is 0 Å². The first-order valence-electron chi connectivity index (χ1n) is 8.54. The van der Waals surface area contributed by atoms with E-state index in [0.717, 1.165) is 32.4 Å². The first kappa shape index (κ1) is 18.6. The van der Waals surface area contributed by atoms with Gasteiger partial charge in [-0.1, -0.05) is 27.7 Å². The molecule has 0 radical (unpaired) electrons. The fraction of sp³-hybridized carbons (Fsp3) is 0.824. The van der Waals surface area contributed by atoms with Crippen LogP contribution in [0.4, 0.5) is 0 Å². The highest BCUT2D eigenvalue weighted by molar-refractivity contribution is 7.98. The molecule has 21 heavy (non-hydrogen) atoms. The lowest BCUT2D eigenvalue weighted by Gasteiger charge is -2.19. The van der Waals surface area contributed by atoms with E-state index in [0.29, 0.717) is 6.04 Å². The number of thioether (sulfide) groups is 1. The Kier molecular flexibility index (Phi) is 9.09. The molecule has 1 unspecified atom stereocenters. The molecule has 3 nitrogen and oxygen atoms in total. The van der Waals surface area contributed by atoms with Crippen LogP contribution in [0.2, 0.25) is 0 Å². The Labute approximate surface area is 135 Å². The van der Waals surface area contributed by atoms with E-state index in [1.54, 1.807) is 0 Å². The van der Waals surface area contributed by atoms with E-state index in [9.17, 15) is 0 Å². The first-order valence-corrected chi connectivity index (χ1v) is 9.93. The maximum Gasteiger partial charge on any atom is 0.0672 e. The molecule has 0 fully saturated rings. The lowest BCUT2D eigenvalue weighted by atomic mass is 9.99. The standard InChI is InChI=1S/C17H33N3S/c1-6-11-18-14(7-2)17-15(8-3)19-20(16(17)9-4)12-10-13-21-5/h14,18H,6-13H2,1-5H3. The van der Waals surface area contributed by atoms with Crippen molar-refractivity contribution in [1.29, 1.82) is 0 Å². The smallest absolute Gasteiger partial charge is 0.0672 e. The summed E-state index contributed by atoms with van der Waals surface area (Å²) in [5.74, 6) is 1.21. The molecule has 1 aromatic heterocycles. The van der Waals surface area contributed by atoms with Crippen LogP contribution in [0.5, 0.6) is 0 Å². The summed E-state index contributed by atoms with van der Waals surface area (Å²) in [5.41, 5.74) is 4.23. The summed E-state index contributed by atoms with van der Waals surface area (Å²) < 4.78 is 2.28. The number of rotatable bonds is 11. The van der Waals surface area contributed by atoms with E-state index in [2.05, 4.69) is 43.9 Å². The lowest BCUT2D eigenvalue weighted by Crippen LogP contribution is -2.23. The summed E-state index contributed by atoms with van der Waals surface area (Å²) in [6.45, 7) is 11.1. The lowest BCUT2D eigenvalue weighted by molar-refractivity contribution is 0.508. The molecule has 1 atom stereocenters. The minimum absolute atomic E-state index is 0.462. The highest BCUT2D eigenvalue weighted by atomic mass is 32.2. The van der Waals surface area contributed by atoms with Gasteiger partial charge in [0.15, 0.2) is 0 Å². The van der Waals surface area contributed by atoms with E-state index in [1.165, 1.54) is 35.5 Å². The molecule has 1 aromatic rings. The summed E-state index contributed by atoms with van der Waals surface area (Å²) >= 11 is 1.92. The number of hydrogen-bond acceptors (Lipinski definition) is 3.